The highest BCUT2D eigenvalue weighted by molar-refractivity contribution is 5.97. The van der Waals surface area contributed by atoms with E-state index in [1.54, 1.807) is 0 Å². The van der Waals surface area contributed by atoms with E-state index in [2.05, 4.69) is 57.4 Å². The molecule has 1 atom stereocenters. The molecule has 42 heavy (non-hydrogen) atoms. The average Bonchev–Trinajstić information content (AvgIpc) is 2.98. The SMILES string of the molecule is CCN(c1cc(C(=O)NCc2c(C)cc(C)[nH]c2=O)cc(-c2ccc(CN3CCCC(F)C3)cc2)c1)C1CCOCC1. The monoisotopic (exact) mass is 574 g/mol. The van der Waals surface area contributed by atoms with E-state index in [0.29, 0.717) is 30.1 Å². The average molecular weight is 575 g/mol. The summed E-state index contributed by atoms with van der Waals surface area (Å²) in [6, 6.07) is 16.7. The zero-order valence-electron chi connectivity index (χ0n) is 25.0. The third kappa shape index (κ3) is 7.28. The number of nitrogens with zero attached hydrogens (tertiary/aromatic N) is 2. The summed E-state index contributed by atoms with van der Waals surface area (Å²) in [5.41, 5.74) is 6.73. The fraction of sp³-hybridized carbons (Fsp3) is 0.471. The molecule has 2 aliphatic heterocycles. The number of nitrogens with one attached hydrogen (secondary N) is 2. The Bertz CT molecular complexity index is 1430. The van der Waals surface area contributed by atoms with Crippen LogP contribution in [0.5, 0.6) is 0 Å². The Balaban J connectivity index is 1.42. The van der Waals surface area contributed by atoms with Crippen LogP contribution < -0.4 is 15.8 Å². The van der Waals surface area contributed by atoms with Crippen LogP contribution in [0.3, 0.4) is 0 Å². The van der Waals surface area contributed by atoms with E-state index >= 15 is 0 Å². The van der Waals surface area contributed by atoms with Gasteiger partial charge < -0.3 is 19.9 Å². The van der Waals surface area contributed by atoms with E-state index in [0.717, 1.165) is 85.7 Å². The van der Waals surface area contributed by atoms with Crippen molar-refractivity contribution < 1.29 is 13.9 Å². The van der Waals surface area contributed by atoms with Crippen LogP contribution in [0.25, 0.3) is 11.1 Å². The number of alkyl halides is 1. The molecule has 7 nitrogen and oxygen atoms in total. The number of halogens is 1. The summed E-state index contributed by atoms with van der Waals surface area (Å²) < 4.78 is 19.5. The van der Waals surface area contributed by atoms with Crippen molar-refractivity contribution >= 4 is 11.6 Å². The Kier molecular flexibility index (Phi) is 9.75. The number of carbonyl (C=O) groups is 1. The zero-order chi connectivity index (χ0) is 29.6. The summed E-state index contributed by atoms with van der Waals surface area (Å²) in [6.45, 7) is 10.5. The molecule has 2 saturated heterocycles. The minimum Gasteiger partial charge on any atom is -0.381 e. The number of carbonyl (C=O) groups excluding carboxylic acids is 1. The second kappa shape index (κ2) is 13.7. The van der Waals surface area contributed by atoms with Crippen molar-refractivity contribution in [2.45, 2.75) is 71.8 Å². The lowest BCUT2D eigenvalue weighted by molar-refractivity contribution is 0.0846. The number of aromatic nitrogens is 1. The molecule has 2 N–H and O–H groups in total. The molecular weight excluding hydrogens is 531 g/mol. The first-order valence-corrected chi connectivity index (χ1v) is 15.2. The van der Waals surface area contributed by atoms with Crippen LogP contribution in [0, 0.1) is 13.8 Å². The van der Waals surface area contributed by atoms with Gasteiger partial charge in [-0.15, -0.1) is 0 Å². The number of anilines is 1. The molecule has 1 amide bonds. The number of aromatic amines is 1. The largest absolute Gasteiger partial charge is 0.381 e. The maximum Gasteiger partial charge on any atom is 0.253 e. The molecular formula is C34H43FN4O3. The van der Waals surface area contributed by atoms with Gasteiger partial charge >= 0.3 is 0 Å². The molecule has 3 heterocycles. The van der Waals surface area contributed by atoms with E-state index in [9.17, 15) is 14.0 Å². The Morgan fingerprint density at radius 3 is 2.52 bits per heavy atom. The van der Waals surface area contributed by atoms with Gasteiger partial charge in [-0.1, -0.05) is 24.3 Å². The number of rotatable bonds is 9. The molecule has 2 aromatic carbocycles. The molecule has 2 fully saturated rings. The van der Waals surface area contributed by atoms with Gasteiger partial charge in [0.1, 0.15) is 6.17 Å². The third-order valence-electron chi connectivity index (χ3n) is 8.54. The number of ether oxygens (including phenoxy) is 1. The smallest absolute Gasteiger partial charge is 0.253 e. The summed E-state index contributed by atoms with van der Waals surface area (Å²) in [4.78, 5) is 33.4. The standard InChI is InChI=1S/C34H43FN4O3/c1-4-39(30-11-14-42-15-12-30)31-18-27(26-9-7-25(8-10-26)21-38-13-5-6-29(35)22-38)17-28(19-31)33(40)36-20-32-23(2)16-24(3)37-34(32)41/h7-10,16-19,29-30H,4-6,11-15,20-22H2,1-3H3,(H,36,40)(H,37,41). The van der Waals surface area contributed by atoms with Gasteiger partial charge in [-0.25, -0.2) is 4.39 Å². The van der Waals surface area contributed by atoms with E-state index in [1.165, 1.54) is 0 Å². The maximum atomic E-state index is 13.9. The van der Waals surface area contributed by atoms with Crippen molar-refractivity contribution in [1.82, 2.24) is 15.2 Å². The van der Waals surface area contributed by atoms with Crippen LogP contribution in [0.1, 0.15) is 65.3 Å². The van der Waals surface area contributed by atoms with Gasteiger partial charge in [0.05, 0.1) is 0 Å². The summed E-state index contributed by atoms with van der Waals surface area (Å²) >= 11 is 0. The number of piperidine rings is 1. The van der Waals surface area contributed by atoms with Crippen LogP contribution in [-0.2, 0) is 17.8 Å². The van der Waals surface area contributed by atoms with Crippen LogP contribution in [-0.4, -0.2) is 60.9 Å². The Hall–Kier alpha value is -3.49. The molecule has 0 spiro atoms. The van der Waals surface area contributed by atoms with Crippen molar-refractivity contribution in [2.24, 2.45) is 0 Å². The molecule has 1 unspecified atom stereocenters. The van der Waals surface area contributed by atoms with Gasteiger partial charge in [-0.2, -0.15) is 0 Å². The van der Waals surface area contributed by atoms with Crippen LogP contribution in [0.15, 0.2) is 53.3 Å². The van der Waals surface area contributed by atoms with Crippen molar-refractivity contribution in [3.05, 3.63) is 86.8 Å². The highest BCUT2D eigenvalue weighted by Gasteiger charge is 2.23. The number of pyridine rings is 1. The van der Waals surface area contributed by atoms with Crippen molar-refractivity contribution in [1.29, 1.82) is 0 Å². The number of amides is 1. The molecule has 3 aromatic rings. The third-order valence-corrected chi connectivity index (χ3v) is 8.54. The number of hydrogen-bond acceptors (Lipinski definition) is 5. The Morgan fingerprint density at radius 1 is 1.07 bits per heavy atom. The number of aryl methyl sites for hydroxylation is 2. The van der Waals surface area contributed by atoms with Gasteiger partial charge in [0.2, 0.25) is 0 Å². The second-order valence-electron chi connectivity index (χ2n) is 11.7. The topological polar surface area (TPSA) is 77.7 Å². The molecule has 8 heteroatoms. The lowest BCUT2D eigenvalue weighted by Crippen LogP contribution is -2.39. The maximum absolute atomic E-state index is 13.9. The van der Waals surface area contributed by atoms with Gasteiger partial charge in [0.25, 0.3) is 11.5 Å². The van der Waals surface area contributed by atoms with Crippen LogP contribution >= 0.6 is 0 Å². The second-order valence-corrected chi connectivity index (χ2v) is 11.7. The molecule has 0 saturated carbocycles. The lowest BCUT2D eigenvalue weighted by Gasteiger charge is -2.35. The Labute approximate surface area is 248 Å². The minimum atomic E-state index is -0.740. The van der Waals surface area contributed by atoms with Gasteiger partial charge in [0.15, 0.2) is 0 Å². The van der Waals surface area contributed by atoms with Crippen molar-refractivity contribution in [3.8, 4) is 11.1 Å². The lowest BCUT2D eigenvalue weighted by atomic mass is 9.98. The normalized spacial score (nSPS) is 18.1. The molecule has 5 rings (SSSR count). The predicted octanol–water partition coefficient (Wildman–Crippen LogP) is 5.53. The van der Waals surface area contributed by atoms with Gasteiger partial charge in [-0.3, -0.25) is 14.5 Å². The first kappa shape index (κ1) is 30.0. The van der Waals surface area contributed by atoms with Crippen molar-refractivity contribution in [3.63, 3.8) is 0 Å². The predicted molar refractivity (Wildman–Crippen MR) is 166 cm³/mol. The zero-order valence-corrected chi connectivity index (χ0v) is 25.0. The van der Waals surface area contributed by atoms with E-state index in [-0.39, 0.29) is 18.0 Å². The Morgan fingerprint density at radius 2 is 1.83 bits per heavy atom. The molecule has 0 bridgehead atoms. The van der Waals surface area contributed by atoms with E-state index in [1.807, 2.05) is 32.0 Å². The molecule has 1 aromatic heterocycles. The van der Waals surface area contributed by atoms with Gasteiger partial charge in [-0.05, 0) is 99.5 Å². The quantitative estimate of drug-likeness (QED) is 0.352. The molecule has 0 radical (unpaired) electrons. The summed E-state index contributed by atoms with van der Waals surface area (Å²) in [7, 11) is 0. The summed E-state index contributed by atoms with van der Waals surface area (Å²) in [5.74, 6) is -0.219. The number of likely N-dealkylation sites (tertiary alicyclic amines) is 1. The van der Waals surface area contributed by atoms with E-state index < -0.39 is 6.17 Å². The minimum absolute atomic E-state index is 0.155. The number of hydrogen-bond donors (Lipinski definition) is 2. The van der Waals surface area contributed by atoms with Gasteiger partial charge in [0, 0.05) is 67.9 Å². The molecule has 0 aliphatic carbocycles. The number of benzene rings is 2. The fourth-order valence-corrected chi connectivity index (χ4v) is 6.30. The summed E-state index contributed by atoms with van der Waals surface area (Å²) in [6.07, 6.45) is 2.71. The van der Waals surface area contributed by atoms with E-state index in [4.69, 9.17) is 4.74 Å². The molecule has 224 valence electrons. The van der Waals surface area contributed by atoms with Crippen LogP contribution in [0.4, 0.5) is 10.1 Å². The first-order chi connectivity index (χ1) is 20.3. The number of H-pyrrole nitrogens is 1. The highest BCUT2D eigenvalue weighted by Crippen LogP contribution is 2.31. The fourth-order valence-electron chi connectivity index (χ4n) is 6.30. The highest BCUT2D eigenvalue weighted by atomic mass is 19.1. The van der Waals surface area contributed by atoms with Crippen molar-refractivity contribution in [2.75, 3.05) is 37.7 Å². The van der Waals surface area contributed by atoms with Crippen LogP contribution in [0.2, 0.25) is 0 Å². The first-order valence-electron chi connectivity index (χ1n) is 15.2. The molecule has 2 aliphatic rings. The summed E-state index contributed by atoms with van der Waals surface area (Å²) in [5, 5.41) is 2.98.